The molecule has 4 heteroatoms. The van der Waals surface area contributed by atoms with E-state index in [2.05, 4.69) is 15.9 Å². The van der Waals surface area contributed by atoms with Crippen LogP contribution in [0.2, 0.25) is 0 Å². The van der Waals surface area contributed by atoms with E-state index in [9.17, 15) is 9.90 Å². The van der Waals surface area contributed by atoms with E-state index < -0.39 is 11.9 Å². The van der Waals surface area contributed by atoms with Crippen LogP contribution in [0.1, 0.15) is 30.7 Å². The molecule has 1 rings (SSSR count). The van der Waals surface area contributed by atoms with E-state index in [1.54, 1.807) is 7.11 Å². The minimum Gasteiger partial charge on any atom is -0.481 e. The quantitative estimate of drug-likeness (QED) is 0.785. The maximum absolute atomic E-state index is 11.3. The Bertz CT molecular complexity index is 365. The number of hydrogen-bond acceptors (Lipinski definition) is 2. The SMILES string of the molecule is COCCCCC(C(=O)O)c1ccccc1Br. The highest BCUT2D eigenvalue weighted by Gasteiger charge is 2.21. The number of hydrogen-bond donors (Lipinski definition) is 1. The van der Waals surface area contributed by atoms with Crippen molar-refractivity contribution < 1.29 is 14.6 Å². The molecule has 17 heavy (non-hydrogen) atoms. The van der Waals surface area contributed by atoms with E-state index in [0.29, 0.717) is 13.0 Å². The van der Waals surface area contributed by atoms with Gasteiger partial charge in [0.05, 0.1) is 5.92 Å². The highest BCUT2D eigenvalue weighted by molar-refractivity contribution is 9.10. The number of benzene rings is 1. The van der Waals surface area contributed by atoms with E-state index in [4.69, 9.17) is 4.74 Å². The van der Waals surface area contributed by atoms with Crippen molar-refractivity contribution >= 4 is 21.9 Å². The lowest BCUT2D eigenvalue weighted by Crippen LogP contribution is -2.12. The van der Waals surface area contributed by atoms with Crippen LogP contribution in [0.5, 0.6) is 0 Å². The maximum Gasteiger partial charge on any atom is 0.311 e. The van der Waals surface area contributed by atoms with Gasteiger partial charge in [-0.2, -0.15) is 0 Å². The third-order valence-corrected chi connectivity index (χ3v) is 3.39. The molecular weight excluding hydrogens is 284 g/mol. The van der Waals surface area contributed by atoms with Gasteiger partial charge in [0.2, 0.25) is 0 Å². The Morgan fingerprint density at radius 3 is 2.71 bits per heavy atom. The molecule has 0 heterocycles. The molecule has 0 amide bonds. The first-order chi connectivity index (χ1) is 8.16. The van der Waals surface area contributed by atoms with Gasteiger partial charge < -0.3 is 9.84 Å². The summed E-state index contributed by atoms with van der Waals surface area (Å²) in [5, 5.41) is 9.26. The van der Waals surface area contributed by atoms with Crippen molar-refractivity contribution in [3.63, 3.8) is 0 Å². The highest BCUT2D eigenvalue weighted by Crippen LogP contribution is 2.28. The van der Waals surface area contributed by atoms with Crippen molar-refractivity contribution in [3.8, 4) is 0 Å². The Balaban J connectivity index is 2.66. The first-order valence-electron chi connectivity index (χ1n) is 5.63. The number of rotatable bonds is 7. The summed E-state index contributed by atoms with van der Waals surface area (Å²) in [6.45, 7) is 0.683. The van der Waals surface area contributed by atoms with Crippen molar-refractivity contribution in [3.05, 3.63) is 34.3 Å². The third kappa shape index (κ3) is 4.48. The second kappa shape index (κ2) is 7.45. The molecule has 0 aliphatic heterocycles. The minimum atomic E-state index is -0.769. The van der Waals surface area contributed by atoms with Crippen LogP contribution in [0, 0.1) is 0 Å². The van der Waals surface area contributed by atoms with Crippen molar-refractivity contribution in [2.45, 2.75) is 25.2 Å². The molecule has 1 aromatic rings. The van der Waals surface area contributed by atoms with Crippen molar-refractivity contribution in [2.75, 3.05) is 13.7 Å². The molecule has 0 radical (unpaired) electrons. The molecule has 0 bridgehead atoms. The van der Waals surface area contributed by atoms with Crippen LogP contribution in [0.3, 0.4) is 0 Å². The lowest BCUT2D eigenvalue weighted by atomic mass is 9.94. The Morgan fingerprint density at radius 1 is 1.41 bits per heavy atom. The molecule has 1 unspecified atom stereocenters. The maximum atomic E-state index is 11.3. The predicted octanol–water partition coefficient (Wildman–Crippen LogP) is 3.43. The molecule has 94 valence electrons. The topological polar surface area (TPSA) is 46.5 Å². The first-order valence-corrected chi connectivity index (χ1v) is 6.42. The van der Waals surface area contributed by atoms with E-state index >= 15 is 0 Å². The van der Waals surface area contributed by atoms with Gasteiger partial charge in [0, 0.05) is 18.2 Å². The van der Waals surface area contributed by atoms with Crippen molar-refractivity contribution in [2.24, 2.45) is 0 Å². The van der Waals surface area contributed by atoms with Crippen LogP contribution < -0.4 is 0 Å². The molecule has 1 aromatic carbocycles. The van der Waals surface area contributed by atoms with Crippen LogP contribution in [-0.4, -0.2) is 24.8 Å². The van der Waals surface area contributed by atoms with Gasteiger partial charge in [-0.25, -0.2) is 0 Å². The monoisotopic (exact) mass is 300 g/mol. The van der Waals surface area contributed by atoms with E-state index in [-0.39, 0.29) is 0 Å². The predicted molar refractivity (Wildman–Crippen MR) is 70.2 cm³/mol. The largest absolute Gasteiger partial charge is 0.481 e. The number of ether oxygens (including phenoxy) is 1. The zero-order valence-corrected chi connectivity index (χ0v) is 11.4. The Labute approximate surface area is 110 Å². The number of aliphatic carboxylic acids is 1. The zero-order chi connectivity index (χ0) is 12.7. The average Bonchev–Trinajstić information content (AvgIpc) is 2.30. The van der Waals surface area contributed by atoms with Crippen molar-refractivity contribution in [1.29, 1.82) is 0 Å². The molecule has 0 aliphatic carbocycles. The molecule has 1 N–H and O–H groups in total. The average molecular weight is 301 g/mol. The van der Waals surface area contributed by atoms with Gasteiger partial charge >= 0.3 is 5.97 Å². The normalized spacial score (nSPS) is 12.4. The third-order valence-electron chi connectivity index (χ3n) is 2.67. The smallest absolute Gasteiger partial charge is 0.311 e. The molecule has 0 aromatic heterocycles. The second-order valence-corrected chi connectivity index (χ2v) is 4.76. The second-order valence-electron chi connectivity index (χ2n) is 3.90. The van der Waals surface area contributed by atoms with Gasteiger partial charge in [0.25, 0.3) is 0 Å². The van der Waals surface area contributed by atoms with E-state index in [0.717, 1.165) is 22.9 Å². The van der Waals surface area contributed by atoms with Crippen LogP contribution in [0.25, 0.3) is 0 Å². The van der Waals surface area contributed by atoms with Gasteiger partial charge in [0.1, 0.15) is 0 Å². The summed E-state index contributed by atoms with van der Waals surface area (Å²) in [7, 11) is 1.66. The molecule has 0 saturated heterocycles. The fourth-order valence-corrected chi connectivity index (χ4v) is 2.33. The van der Waals surface area contributed by atoms with E-state index in [1.807, 2.05) is 24.3 Å². The molecule has 0 spiro atoms. The van der Waals surface area contributed by atoms with Gasteiger partial charge in [0.15, 0.2) is 0 Å². The summed E-state index contributed by atoms with van der Waals surface area (Å²) in [6.07, 6.45) is 2.39. The first kappa shape index (κ1) is 14.2. The van der Waals surface area contributed by atoms with Crippen LogP contribution in [0.15, 0.2) is 28.7 Å². The molecular formula is C13H17BrO3. The molecule has 1 atom stereocenters. The summed E-state index contributed by atoms with van der Waals surface area (Å²) in [4.78, 5) is 11.3. The number of carbonyl (C=O) groups is 1. The minimum absolute atomic E-state index is 0.442. The van der Waals surface area contributed by atoms with Gasteiger partial charge in [-0.15, -0.1) is 0 Å². The van der Waals surface area contributed by atoms with E-state index in [1.165, 1.54) is 0 Å². The summed E-state index contributed by atoms with van der Waals surface area (Å²) in [6, 6.07) is 7.49. The lowest BCUT2D eigenvalue weighted by Gasteiger charge is -2.14. The lowest BCUT2D eigenvalue weighted by molar-refractivity contribution is -0.139. The molecule has 0 saturated carbocycles. The number of methoxy groups -OCH3 is 1. The molecule has 0 aliphatic rings. The van der Waals surface area contributed by atoms with Crippen LogP contribution >= 0.6 is 15.9 Å². The fourth-order valence-electron chi connectivity index (χ4n) is 1.76. The highest BCUT2D eigenvalue weighted by atomic mass is 79.9. The number of carboxylic acids is 1. The number of halogens is 1. The summed E-state index contributed by atoms with van der Waals surface area (Å²) >= 11 is 3.40. The molecule has 0 fully saturated rings. The van der Waals surface area contributed by atoms with Gasteiger partial charge in [-0.3, -0.25) is 4.79 Å². The fraction of sp³-hybridized carbons (Fsp3) is 0.462. The number of carboxylic acid groups (broad SMARTS) is 1. The summed E-state index contributed by atoms with van der Waals surface area (Å²) in [5.74, 6) is -1.21. The van der Waals surface area contributed by atoms with Crippen LogP contribution in [-0.2, 0) is 9.53 Å². The number of unbranched alkanes of at least 4 members (excludes halogenated alkanes) is 1. The van der Waals surface area contributed by atoms with Crippen molar-refractivity contribution in [1.82, 2.24) is 0 Å². The van der Waals surface area contributed by atoms with Gasteiger partial charge in [-0.05, 0) is 30.9 Å². The standard InChI is InChI=1S/C13H17BrO3/c1-17-9-5-4-7-11(13(15)16)10-6-2-3-8-12(10)14/h2-3,6,8,11H,4-5,7,9H2,1H3,(H,15,16). The Kier molecular flexibility index (Phi) is 6.22. The summed E-state index contributed by atoms with van der Waals surface area (Å²) in [5.41, 5.74) is 0.845. The van der Waals surface area contributed by atoms with Gasteiger partial charge in [-0.1, -0.05) is 34.1 Å². The van der Waals surface area contributed by atoms with Crippen LogP contribution in [0.4, 0.5) is 0 Å². The summed E-state index contributed by atoms with van der Waals surface area (Å²) < 4.78 is 5.82. The Morgan fingerprint density at radius 2 is 2.12 bits per heavy atom. The molecule has 3 nitrogen and oxygen atoms in total. The zero-order valence-electron chi connectivity index (χ0n) is 9.86. The Hall–Kier alpha value is -0.870.